The van der Waals surface area contributed by atoms with E-state index in [1.165, 1.54) is 0 Å². The second kappa shape index (κ2) is 4.78. The van der Waals surface area contributed by atoms with Crippen molar-refractivity contribution in [3.8, 4) is 0 Å². The van der Waals surface area contributed by atoms with E-state index in [0.29, 0.717) is 0 Å². The van der Waals surface area contributed by atoms with E-state index in [1.54, 1.807) is 0 Å². The molecular formula is C13H20BrN3O. The monoisotopic (exact) mass is 313 g/mol. The zero-order valence-corrected chi connectivity index (χ0v) is 13.0. The van der Waals surface area contributed by atoms with E-state index in [1.807, 2.05) is 6.07 Å². The molecule has 5 heteroatoms. The molecule has 1 atom stereocenters. The van der Waals surface area contributed by atoms with Gasteiger partial charge in [0, 0.05) is 18.1 Å². The Hall–Kier alpha value is -0.680. The van der Waals surface area contributed by atoms with Gasteiger partial charge in [-0.3, -0.25) is 0 Å². The van der Waals surface area contributed by atoms with Crippen molar-refractivity contribution in [2.24, 2.45) is 0 Å². The van der Waals surface area contributed by atoms with E-state index in [9.17, 15) is 0 Å². The maximum absolute atomic E-state index is 5.44. The van der Waals surface area contributed by atoms with Gasteiger partial charge in [-0.15, -0.1) is 0 Å². The Balaban J connectivity index is 2.25. The van der Waals surface area contributed by atoms with Crippen molar-refractivity contribution >= 4 is 21.7 Å². The quantitative estimate of drug-likeness (QED) is 0.852. The van der Waals surface area contributed by atoms with Crippen LogP contribution in [0.15, 0.2) is 10.7 Å². The molecule has 0 spiro atoms. The molecule has 2 rings (SSSR count). The van der Waals surface area contributed by atoms with E-state index >= 15 is 0 Å². The van der Waals surface area contributed by atoms with Crippen molar-refractivity contribution in [2.45, 2.75) is 45.1 Å². The fraction of sp³-hybridized carbons (Fsp3) is 0.692. The number of halogens is 1. The molecule has 0 radical (unpaired) electrons. The van der Waals surface area contributed by atoms with Crippen LogP contribution in [0, 0.1) is 0 Å². The van der Waals surface area contributed by atoms with Gasteiger partial charge in [0.2, 0.25) is 0 Å². The third-order valence-electron chi connectivity index (χ3n) is 3.01. The first-order valence-electron chi connectivity index (χ1n) is 6.20. The molecule has 0 aromatic carbocycles. The average Bonchev–Trinajstić information content (AvgIpc) is 2.62. The lowest BCUT2D eigenvalue weighted by Crippen LogP contribution is -2.35. The summed E-state index contributed by atoms with van der Waals surface area (Å²) in [6.45, 7) is 10.0. The Kier molecular flexibility index (Phi) is 3.65. The third kappa shape index (κ3) is 3.20. The van der Waals surface area contributed by atoms with Crippen LogP contribution in [-0.2, 0) is 10.2 Å². The molecular weight excluding hydrogens is 294 g/mol. The van der Waals surface area contributed by atoms with Crippen LogP contribution in [0.3, 0.4) is 0 Å². The molecule has 2 heterocycles. The van der Waals surface area contributed by atoms with Gasteiger partial charge in [-0.2, -0.15) is 0 Å². The zero-order valence-electron chi connectivity index (χ0n) is 11.4. The summed E-state index contributed by atoms with van der Waals surface area (Å²) in [6, 6.07) is 1.92. The van der Waals surface area contributed by atoms with Crippen LogP contribution in [0.5, 0.6) is 0 Å². The first-order valence-corrected chi connectivity index (χ1v) is 6.99. The van der Waals surface area contributed by atoms with Gasteiger partial charge in [0.25, 0.3) is 0 Å². The summed E-state index contributed by atoms with van der Waals surface area (Å²) in [5, 5.41) is 3.46. The SMILES string of the molecule is CC1(Nc2cc(Br)nc(C(C)(C)C)n2)CCOC1. The second-order valence-electron chi connectivity index (χ2n) is 6.14. The number of rotatable bonds is 2. The minimum atomic E-state index is -0.0622. The maximum atomic E-state index is 5.44. The predicted molar refractivity (Wildman–Crippen MR) is 75.9 cm³/mol. The lowest BCUT2D eigenvalue weighted by molar-refractivity contribution is 0.185. The van der Waals surface area contributed by atoms with Crippen molar-refractivity contribution < 1.29 is 4.74 Å². The molecule has 0 aliphatic carbocycles. The van der Waals surface area contributed by atoms with Gasteiger partial charge in [-0.05, 0) is 29.3 Å². The highest BCUT2D eigenvalue weighted by Gasteiger charge is 2.30. The molecule has 1 aromatic rings. The van der Waals surface area contributed by atoms with Gasteiger partial charge in [-0.1, -0.05) is 20.8 Å². The standard InChI is InChI=1S/C13H20BrN3O/c1-12(2,3)11-15-9(14)7-10(16-11)17-13(4)5-6-18-8-13/h7H,5-6,8H2,1-4H3,(H,15,16,17). The number of anilines is 1. The number of nitrogens with zero attached hydrogens (tertiary/aromatic N) is 2. The maximum Gasteiger partial charge on any atom is 0.137 e. The highest BCUT2D eigenvalue weighted by molar-refractivity contribution is 9.10. The minimum Gasteiger partial charge on any atom is -0.379 e. The first-order chi connectivity index (χ1) is 8.28. The zero-order chi connectivity index (χ0) is 13.4. The van der Waals surface area contributed by atoms with Crippen LogP contribution >= 0.6 is 15.9 Å². The normalized spacial score (nSPS) is 24.3. The van der Waals surface area contributed by atoms with Crippen molar-refractivity contribution in [2.75, 3.05) is 18.5 Å². The number of aromatic nitrogens is 2. The first kappa shape index (κ1) is 13.7. The van der Waals surface area contributed by atoms with Crippen LogP contribution in [-0.4, -0.2) is 28.7 Å². The van der Waals surface area contributed by atoms with Gasteiger partial charge in [0.05, 0.1) is 12.1 Å². The van der Waals surface area contributed by atoms with Crippen LogP contribution < -0.4 is 5.32 Å². The number of hydrogen-bond acceptors (Lipinski definition) is 4. The van der Waals surface area contributed by atoms with Gasteiger partial charge in [-0.25, -0.2) is 9.97 Å². The molecule has 4 nitrogen and oxygen atoms in total. The van der Waals surface area contributed by atoms with E-state index in [0.717, 1.165) is 35.9 Å². The smallest absolute Gasteiger partial charge is 0.137 e. The number of hydrogen-bond donors (Lipinski definition) is 1. The molecule has 1 aliphatic rings. The number of ether oxygens (including phenoxy) is 1. The Morgan fingerprint density at radius 2 is 2.11 bits per heavy atom. The Labute approximate surface area is 117 Å². The molecule has 0 amide bonds. The van der Waals surface area contributed by atoms with Crippen molar-refractivity contribution in [3.05, 3.63) is 16.5 Å². The summed E-state index contributed by atoms with van der Waals surface area (Å²) in [5.41, 5.74) is -0.0871. The molecule has 18 heavy (non-hydrogen) atoms. The summed E-state index contributed by atoms with van der Waals surface area (Å²) in [6.07, 6.45) is 0.999. The minimum absolute atomic E-state index is 0.0249. The fourth-order valence-electron chi connectivity index (χ4n) is 1.89. The predicted octanol–water partition coefficient (Wildman–Crippen LogP) is 3.13. The average molecular weight is 314 g/mol. The number of nitrogens with one attached hydrogen (secondary N) is 1. The van der Waals surface area contributed by atoms with Crippen molar-refractivity contribution in [3.63, 3.8) is 0 Å². The Morgan fingerprint density at radius 1 is 1.39 bits per heavy atom. The van der Waals surface area contributed by atoms with E-state index < -0.39 is 0 Å². The molecule has 0 saturated carbocycles. The summed E-state index contributed by atoms with van der Waals surface area (Å²) in [4.78, 5) is 9.04. The highest BCUT2D eigenvalue weighted by Crippen LogP contribution is 2.26. The molecule has 1 N–H and O–H groups in total. The van der Waals surface area contributed by atoms with Gasteiger partial charge < -0.3 is 10.1 Å². The summed E-state index contributed by atoms with van der Waals surface area (Å²) in [7, 11) is 0. The van der Waals surface area contributed by atoms with Gasteiger partial charge in [0.1, 0.15) is 16.2 Å². The largest absolute Gasteiger partial charge is 0.379 e. The van der Waals surface area contributed by atoms with E-state index in [4.69, 9.17) is 4.74 Å². The molecule has 1 fully saturated rings. The lowest BCUT2D eigenvalue weighted by Gasteiger charge is -2.25. The second-order valence-corrected chi connectivity index (χ2v) is 6.95. The van der Waals surface area contributed by atoms with Gasteiger partial charge in [0.15, 0.2) is 0 Å². The highest BCUT2D eigenvalue weighted by atomic mass is 79.9. The molecule has 100 valence electrons. The van der Waals surface area contributed by atoms with Crippen LogP contribution in [0.2, 0.25) is 0 Å². The Bertz CT molecular complexity index is 436. The molecule has 0 bridgehead atoms. The topological polar surface area (TPSA) is 47.0 Å². The lowest BCUT2D eigenvalue weighted by atomic mass is 9.96. The molecule has 1 aliphatic heterocycles. The summed E-state index contributed by atoms with van der Waals surface area (Å²) < 4.78 is 6.25. The van der Waals surface area contributed by atoms with Crippen LogP contribution in [0.4, 0.5) is 5.82 Å². The van der Waals surface area contributed by atoms with Gasteiger partial charge >= 0.3 is 0 Å². The summed E-state index contributed by atoms with van der Waals surface area (Å²) in [5.74, 6) is 1.69. The van der Waals surface area contributed by atoms with E-state index in [2.05, 4.69) is 58.9 Å². The van der Waals surface area contributed by atoms with Crippen LogP contribution in [0.1, 0.15) is 39.9 Å². The fourth-order valence-corrected chi connectivity index (χ4v) is 2.28. The molecule has 1 unspecified atom stereocenters. The van der Waals surface area contributed by atoms with Crippen molar-refractivity contribution in [1.29, 1.82) is 0 Å². The van der Waals surface area contributed by atoms with Crippen LogP contribution in [0.25, 0.3) is 0 Å². The molecule has 1 aromatic heterocycles. The molecule has 1 saturated heterocycles. The third-order valence-corrected chi connectivity index (χ3v) is 3.42. The van der Waals surface area contributed by atoms with E-state index in [-0.39, 0.29) is 11.0 Å². The summed E-state index contributed by atoms with van der Waals surface area (Å²) >= 11 is 3.45. The van der Waals surface area contributed by atoms with Crippen molar-refractivity contribution in [1.82, 2.24) is 9.97 Å². The Morgan fingerprint density at radius 3 is 2.67 bits per heavy atom.